The molecule has 1 heterocycles. The largest absolute Gasteiger partial charge is 0.278 e. The van der Waals surface area contributed by atoms with Crippen LogP contribution in [0.5, 0.6) is 0 Å². The molecular formula is C9H8ClN3O4S2. The Balaban J connectivity index is 2.26. The molecule has 102 valence electrons. The minimum absolute atomic E-state index is 0.0958. The van der Waals surface area contributed by atoms with E-state index in [1.54, 1.807) is 0 Å². The monoisotopic (exact) mass is 321 g/mol. The molecule has 2 N–H and O–H groups in total. The minimum Gasteiger partial charge on any atom is -0.278 e. The number of hydrogen-bond donors (Lipinski definition) is 2. The Morgan fingerprint density at radius 1 is 1.05 bits per heavy atom. The highest BCUT2D eigenvalue weighted by atomic mass is 35.7. The third-order valence-electron chi connectivity index (χ3n) is 2.15. The number of aromatic nitrogens is 2. The summed E-state index contributed by atoms with van der Waals surface area (Å²) in [5.41, 5.74) is 0.207. The van der Waals surface area contributed by atoms with Crippen molar-refractivity contribution in [3.63, 3.8) is 0 Å². The summed E-state index contributed by atoms with van der Waals surface area (Å²) in [6, 6.07) is 6.28. The number of aromatic amines is 1. The molecule has 0 aliphatic carbocycles. The molecule has 1 aromatic heterocycles. The van der Waals surface area contributed by atoms with E-state index < -0.39 is 19.1 Å². The summed E-state index contributed by atoms with van der Waals surface area (Å²) in [4.78, 5) is -0.112. The van der Waals surface area contributed by atoms with Crippen LogP contribution in [0.25, 0.3) is 0 Å². The van der Waals surface area contributed by atoms with Crippen LogP contribution in [0.2, 0.25) is 0 Å². The molecule has 0 aliphatic rings. The van der Waals surface area contributed by atoms with Gasteiger partial charge in [0.05, 0.1) is 11.1 Å². The highest BCUT2D eigenvalue weighted by Gasteiger charge is 2.16. The molecule has 1 aromatic carbocycles. The van der Waals surface area contributed by atoms with Crippen molar-refractivity contribution in [2.75, 3.05) is 4.72 Å². The van der Waals surface area contributed by atoms with Gasteiger partial charge in [0, 0.05) is 16.4 Å². The molecule has 10 heteroatoms. The van der Waals surface area contributed by atoms with Crippen LogP contribution in [0.3, 0.4) is 0 Å². The molecule has 19 heavy (non-hydrogen) atoms. The van der Waals surface area contributed by atoms with Gasteiger partial charge in [-0.3, -0.25) is 9.82 Å². The first-order valence-electron chi connectivity index (χ1n) is 4.86. The second kappa shape index (κ2) is 4.83. The van der Waals surface area contributed by atoms with E-state index in [2.05, 4.69) is 14.9 Å². The van der Waals surface area contributed by atoms with Crippen molar-refractivity contribution in [1.29, 1.82) is 0 Å². The average molecular weight is 322 g/mol. The van der Waals surface area contributed by atoms with Gasteiger partial charge >= 0.3 is 0 Å². The lowest BCUT2D eigenvalue weighted by molar-refractivity contribution is 0.597. The van der Waals surface area contributed by atoms with Crippen molar-refractivity contribution in [2.45, 2.75) is 9.92 Å². The topological polar surface area (TPSA) is 109 Å². The van der Waals surface area contributed by atoms with Gasteiger partial charge in [-0.25, -0.2) is 8.42 Å². The molecular weight excluding hydrogens is 314 g/mol. The highest BCUT2D eigenvalue weighted by molar-refractivity contribution is 8.13. The van der Waals surface area contributed by atoms with Crippen LogP contribution in [0.15, 0.2) is 46.5 Å². The summed E-state index contributed by atoms with van der Waals surface area (Å²) in [5, 5.41) is 5.76. The summed E-state index contributed by atoms with van der Waals surface area (Å²) in [5.74, 6) is 0. The first-order chi connectivity index (χ1) is 8.79. The SMILES string of the molecule is O=S(=O)(Cl)c1ccc(NS(=O)(=O)c2ccn[nH]2)cc1. The standard InChI is InChI=1S/C9H8ClN3O4S2/c10-18(14,15)8-3-1-7(2-4-8)13-19(16,17)9-5-6-11-12-9/h1-6,13H,(H,11,12). The minimum atomic E-state index is -3.83. The first-order valence-corrected chi connectivity index (χ1v) is 8.65. The van der Waals surface area contributed by atoms with Crippen molar-refractivity contribution in [3.05, 3.63) is 36.5 Å². The van der Waals surface area contributed by atoms with Gasteiger partial charge in [-0.15, -0.1) is 0 Å². The second-order valence-electron chi connectivity index (χ2n) is 3.49. The van der Waals surface area contributed by atoms with E-state index in [0.717, 1.165) is 0 Å². The summed E-state index contributed by atoms with van der Waals surface area (Å²) in [7, 11) is -2.45. The fourth-order valence-electron chi connectivity index (χ4n) is 1.29. The van der Waals surface area contributed by atoms with Crippen LogP contribution >= 0.6 is 10.7 Å². The Kier molecular flexibility index (Phi) is 3.52. The zero-order chi connectivity index (χ0) is 14.1. The summed E-state index contributed by atoms with van der Waals surface area (Å²) in [6.45, 7) is 0. The average Bonchev–Trinajstić information content (AvgIpc) is 2.82. The molecule has 0 saturated carbocycles. The van der Waals surface area contributed by atoms with Crippen molar-refractivity contribution in [3.8, 4) is 0 Å². The Morgan fingerprint density at radius 2 is 1.68 bits per heavy atom. The van der Waals surface area contributed by atoms with Crippen LogP contribution in [0, 0.1) is 0 Å². The van der Waals surface area contributed by atoms with Crippen LogP contribution in [-0.4, -0.2) is 27.0 Å². The number of nitrogens with one attached hydrogen (secondary N) is 2. The van der Waals surface area contributed by atoms with Crippen LogP contribution in [-0.2, 0) is 19.1 Å². The number of H-pyrrole nitrogens is 1. The predicted molar refractivity (Wildman–Crippen MR) is 68.9 cm³/mol. The number of anilines is 1. The zero-order valence-corrected chi connectivity index (χ0v) is 11.6. The van der Waals surface area contributed by atoms with Crippen molar-refractivity contribution in [2.24, 2.45) is 0 Å². The molecule has 0 aliphatic heterocycles. The molecule has 0 atom stereocenters. The molecule has 0 bridgehead atoms. The van der Waals surface area contributed by atoms with Crippen molar-refractivity contribution in [1.82, 2.24) is 10.2 Å². The highest BCUT2D eigenvalue weighted by Crippen LogP contribution is 2.19. The smallest absolute Gasteiger partial charge is 0.278 e. The fraction of sp³-hybridized carbons (Fsp3) is 0. The lowest BCUT2D eigenvalue weighted by Gasteiger charge is -2.06. The van der Waals surface area contributed by atoms with E-state index in [0.29, 0.717) is 0 Å². The van der Waals surface area contributed by atoms with Gasteiger partial charge in [-0.05, 0) is 30.3 Å². The molecule has 2 aromatic rings. The first kappa shape index (κ1) is 13.8. The van der Waals surface area contributed by atoms with Crippen LogP contribution in [0.4, 0.5) is 5.69 Å². The van der Waals surface area contributed by atoms with Crippen LogP contribution < -0.4 is 4.72 Å². The maximum Gasteiger partial charge on any atom is 0.278 e. The van der Waals surface area contributed by atoms with Crippen molar-refractivity contribution < 1.29 is 16.8 Å². The molecule has 0 radical (unpaired) electrons. The van der Waals surface area contributed by atoms with Crippen molar-refractivity contribution >= 4 is 35.4 Å². The molecule has 0 spiro atoms. The number of nitrogens with zero attached hydrogens (tertiary/aromatic N) is 1. The second-order valence-corrected chi connectivity index (χ2v) is 7.71. The third-order valence-corrected chi connectivity index (χ3v) is 4.83. The van der Waals surface area contributed by atoms with E-state index >= 15 is 0 Å². The lowest BCUT2D eigenvalue weighted by atomic mass is 10.3. The van der Waals surface area contributed by atoms with Gasteiger partial charge in [0.25, 0.3) is 19.1 Å². The van der Waals surface area contributed by atoms with E-state index in [1.807, 2.05) is 0 Å². The fourth-order valence-corrected chi connectivity index (χ4v) is 3.03. The quantitative estimate of drug-likeness (QED) is 0.821. The molecule has 0 amide bonds. The normalized spacial score (nSPS) is 12.3. The van der Waals surface area contributed by atoms with Gasteiger partial charge in [0.1, 0.15) is 0 Å². The van der Waals surface area contributed by atoms with Gasteiger partial charge in [0.2, 0.25) is 0 Å². The number of benzene rings is 1. The van der Waals surface area contributed by atoms with E-state index in [9.17, 15) is 16.8 Å². The maximum atomic E-state index is 11.8. The Bertz CT molecular complexity index is 767. The number of hydrogen-bond acceptors (Lipinski definition) is 5. The molecule has 0 unspecified atom stereocenters. The maximum absolute atomic E-state index is 11.8. The van der Waals surface area contributed by atoms with Gasteiger partial charge < -0.3 is 0 Å². The molecule has 2 rings (SSSR count). The number of sulfonamides is 1. The summed E-state index contributed by atoms with van der Waals surface area (Å²) >= 11 is 0. The summed E-state index contributed by atoms with van der Waals surface area (Å²) in [6.07, 6.45) is 1.30. The Hall–Kier alpha value is -1.58. The molecule has 0 saturated heterocycles. The Morgan fingerprint density at radius 3 is 2.16 bits per heavy atom. The zero-order valence-electron chi connectivity index (χ0n) is 9.24. The third kappa shape index (κ3) is 3.25. The van der Waals surface area contributed by atoms with Gasteiger partial charge in [0.15, 0.2) is 5.03 Å². The Labute approximate surface area is 114 Å². The van der Waals surface area contributed by atoms with Gasteiger partial charge in [-0.2, -0.15) is 13.5 Å². The number of halogens is 1. The van der Waals surface area contributed by atoms with Gasteiger partial charge in [-0.1, -0.05) is 0 Å². The lowest BCUT2D eigenvalue weighted by Crippen LogP contribution is -2.13. The van der Waals surface area contributed by atoms with E-state index in [-0.39, 0.29) is 15.6 Å². The molecule has 7 nitrogen and oxygen atoms in total. The number of rotatable bonds is 4. The summed E-state index contributed by atoms with van der Waals surface area (Å²) < 4.78 is 48.0. The molecule has 0 fully saturated rings. The van der Waals surface area contributed by atoms with E-state index in [1.165, 1.54) is 36.5 Å². The predicted octanol–water partition coefficient (Wildman–Crippen LogP) is 1.14. The van der Waals surface area contributed by atoms with Crippen LogP contribution in [0.1, 0.15) is 0 Å². The van der Waals surface area contributed by atoms with E-state index in [4.69, 9.17) is 10.7 Å².